The molecule has 0 radical (unpaired) electrons. The second-order valence-corrected chi connectivity index (χ2v) is 10.8. The summed E-state index contributed by atoms with van der Waals surface area (Å²) >= 11 is 0. The summed E-state index contributed by atoms with van der Waals surface area (Å²) in [6, 6.07) is 7.36. The minimum atomic E-state index is -0.875. The molecule has 2 aliphatic rings. The highest BCUT2D eigenvalue weighted by Crippen LogP contribution is 2.48. The fraction of sp³-hybridized carbons (Fsp3) is 0.615. The van der Waals surface area contributed by atoms with Crippen LogP contribution in [0.4, 0.5) is 0 Å². The first kappa shape index (κ1) is 23.5. The number of benzene rings is 1. The number of hydrogen-bond donors (Lipinski definition) is 2. The van der Waals surface area contributed by atoms with E-state index < -0.39 is 17.9 Å². The van der Waals surface area contributed by atoms with Gasteiger partial charge in [0.1, 0.15) is 17.3 Å². The third-order valence-electron chi connectivity index (χ3n) is 6.48. The molecule has 0 unspecified atom stereocenters. The zero-order chi connectivity index (χ0) is 23.0. The lowest BCUT2D eigenvalue weighted by Crippen LogP contribution is -2.45. The highest BCUT2D eigenvalue weighted by molar-refractivity contribution is 6.00. The van der Waals surface area contributed by atoms with E-state index in [9.17, 15) is 19.8 Å². The van der Waals surface area contributed by atoms with Crippen molar-refractivity contribution in [1.29, 1.82) is 0 Å². The number of allylic oxidation sites excluding steroid dienone is 2. The fourth-order valence-corrected chi connectivity index (χ4v) is 5.18. The first-order valence-electron chi connectivity index (χ1n) is 11.3. The van der Waals surface area contributed by atoms with Crippen LogP contribution in [0.5, 0.6) is 5.75 Å². The molecule has 0 aliphatic heterocycles. The van der Waals surface area contributed by atoms with E-state index in [4.69, 9.17) is 4.74 Å². The van der Waals surface area contributed by atoms with Crippen molar-refractivity contribution in [3.8, 4) is 5.75 Å². The number of carbonyl (C=O) groups excluding carboxylic acids is 2. The maximum atomic E-state index is 13.2. The van der Waals surface area contributed by atoms with Gasteiger partial charge < -0.3 is 14.9 Å². The second-order valence-electron chi connectivity index (χ2n) is 10.8. The van der Waals surface area contributed by atoms with E-state index in [-0.39, 0.29) is 28.2 Å². The van der Waals surface area contributed by atoms with Gasteiger partial charge in [0.05, 0.1) is 18.6 Å². The smallest absolute Gasteiger partial charge is 0.163 e. The van der Waals surface area contributed by atoms with Gasteiger partial charge in [-0.3, -0.25) is 9.59 Å². The number of ether oxygens (including phenoxy) is 1. The molecule has 1 aromatic carbocycles. The molecule has 2 aliphatic carbocycles. The molecule has 0 bridgehead atoms. The van der Waals surface area contributed by atoms with Crippen LogP contribution in [0.2, 0.25) is 0 Å². The van der Waals surface area contributed by atoms with Crippen LogP contribution < -0.4 is 4.74 Å². The molecular weight excluding hydrogens is 392 g/mol. The van der Waals surface area contributed by atoms with Crippen molar-refractivity contribution >= 4 is 11.6 Å². The van der Waals surface area contributed by atoms with Gasteiger partial charge in [0.2, 0.25) is 0 Å². The first-order chi connectivity index (χ1) is 14.4. The van der Waals surface area contributed by atoms with Crippen LogP contribution in [0, 0.1) is 16.7 Å². The molecular formula is C26H36O5. The minimum Gasteiger partial charge on any atom is -0.512 e. The van der Waals surface area contributed by atoms with E-state index in [0.717, 1.165) is 17.7 Å². The molecule has 1 aromatic rings. The zero-order valence-electron chi connectivity index (χ0n) is 19.4. The summed E-state index contributed by atoms with van der Waals surface area (Å²) in [7, 11) is 0. The van der Waals surface area contributed by atoms with Crippen LogP contribution >= 0.6 is 0 Å². The largest absolute Gasteiger partial charge is 0.512 e. The van der Waals surface area contributed by atoms with Gasteiger partial charge in [-0.25, -0.2) is 0 Å². The Morgan fingerprint density at radius 1 is 1.03 bits per heavy atom. The Morgan fingerprint density at radius 2 is 1.68 bits per heavy atom. The van der Waals surface area contributed by atoms with Gasteiger partial charge in [0.15, 0.2) is 5.78 Å². The lowest BCUT2D eigenvalue weighted by molar-refractivity contribution is -0.135. The normalized spacial score (nSPS) is 26.6. The molecule has 5 nitrogen and oxygen atoms in total. The molecule has 170 valence electrons. The number of aliphatic hydroxyl groups excluding tert-OH is 2. The Hall–Kier alpha value is -2.14. The molecule has 0 saturated heterocycles. The maximum absolute atomic E-state index is 13.2. The van der Waals surface area contributed by atoms with Crippen molar-refractivity contribution in [2.75, 3.05) is 6.61 Å². The standard InChI is InChI=1S/C26H36O5/c1-6-11-31-17-9-7-16(8-10-17)22(23-18(27)12-25(2,3)13-19(23)28)24-20(29)14-26(4,5)15-21(24)30/h7-10,18,22-23,27,29H,6,11-15H2,1-5H3/t18-,22+,23-/m1/s1. The predicted molar refractivity (Wildman–Crippen MR) is 120 cm³/mol. The quantitative estimate of drug-likeness (QED) is 0.656. The van der Waals surface area contributed by atoms with Gasteiger partial charge in [-0.05, 0) is 41.4 Å². The highest BCUT2D eigenvalue weighted by Gasteiger charge is 2.48. The Morgan fingerprint density at radius 3 is 2.23 bits per heavy atom. The van der Waals surface area contributed by atoms with Crippen LogP contribution in [0.15, 0.2) is 35.6 Å². The van der Waals surface area contributed by atoms with Crippen molar-refractivity contribution in [1.82, 2.24) is 0 Å². The Bertz CT molecular complexity index is 862. The van der Waals surface area contributed by atoms with Crippen molar-refractivity contribution < 1.29 is 24.5 Å². The highest BCUT2D eigenvalue weighted by atomic mass is 16.5. The molecule has 5 heteroatoms. The summed E-state index contributed by atoms with van der Waals surface area (Å²) in [4.78, 5) is 26.4. The average molecular weight is 429 g/mol. The van der Waals surface area contributed by atoms with E-state index >= 15 is 0 Å². The number of Topliss-reactive ketones (excluding diaryl/α,β-unsaturated/α-hetero) is 2. The molecule has 3 rings (SSSR count). The fourth-order valence-electron chi connectivity index (χ4n) is 5.18. The van der Waals surface area contributed by atoms with Gasteiger partial charge in [-0.15, -0.1) is 0 Å². The van der Waals surface area contributed by atoms with Gasteiger partial charge in [-0.2, -0.15) is 0 Å². The number of carbonyl (C=O) groups is 2. The van der Waals surface area contributed by atoms with Crippen LogP contribution in [-0.2, 0) is 9.59 Å². The Kier molecular flexibility index (Phi) is 6.66. The number of rotatable bonds is 6. The monoisotopic (exact) mass is 428 g/mol. The third-order valence-corrected chi connectivity index (χ3v) is 6.48. The maximum Gasteiger partial charge on any atom is 0.163 e. The summed E-state index contributed by atoms with van der Waals surface area (Å²) in [5.74, 6) is -0.856. The molecule has 31 heavy (non-hydrogen) atoms. The van der Waals surface area contributed by atoms with E-state index in [1.165, 1.54) is 0 Å². The van der Waals surface area contributed by atoms with Crippen LogP contribution in [0.25, 0.3) is 0 Å². The van der Waals surface area contributed by atoms with Gasteiger partial charge in [-0.1, -0.05) is 46.8 Å². The average Bonchev–Trinajstić information content (AvgIpc) is 2.62. The summed E-state index contributed by atoms with van der Waals surface area (Å²) in [5.41, 5.74) is 0.420. The van der Waals surface area contributed by atoms with Crippen molar-refractivity contribution in [3.63, 3.8) is 0 Å². The second kappa shape index (κ2) is 8.78. The number of aliphatic hydroxyl groups is 2. The zero-order valence-corrected chi connectivity index (χ0v) is 19.4. The molecule has 0 amide bonds. The number of ketones is 2. The van der Waals surface area contributed by atoms with Crippen molar-refractivity contribution in [2.24, 2.45) is 16.7 Å². The van der Waals surface area contributed by atoms with E-state index in [1.54, 1.807) is 0 Å². The van der Waals surface area contributed by atoms with Gasteiger partial charge >= 0.3 is 0 Å². The SMILES string of the molecule is CCCOc1ccc([C@H](C2=C(O)CC(C)(C)CC2=O)[C@H]2C(=O)CC(C)(C)C[C@H]2O)cc1. The van der Waals surface area contributed by atoms with Crippen LogP contribution in [0.3, 0.4) is 0 Å². The molecule has 0 aromatic heterocycles. The summed E-state index contributed by atoms with van der Waals surface area (Å²) < 4.78 is 5.68. The molecule has 0 heterocycles. The van der Waals surface area contributed by atoms with Gasteiger partial charge in [0, 0.05) is 30.8 Å². The molecule has 0 spiro atoms. The molecule has 1 saturated carbocycles. The first-order valence-corrected chi connectivity index (χ1v) is 11.3. The lowest BCUT2D eigenvalue weighted by Gasteiger charge is -2.42. The molecule has 3 atom stereocenters. The predicted octanol–water partition coefficient (Wildman–Crippen LogP) is 5.13. The van der Waals surface area contributed by atoms with E-state index in [0.29, 0.717) is 37.9 Å². The molecule has 1 fully saturated rings. The Labute approximate surface area is 185 Å². The topological polar surface area (TPSA) is 83.8 Å². The van der Waals surface area contributed by atoms with E-state index in [2.05, 4.69) is 0 Å². The summed E-state index contributed by atoms with van der Waals surface area (Å²) in [6.45, 7) is 10.5. The van der Waals surface area contributed by atoms with E-state index in [1.807, 2.05) is 58.9 Å². The summed E-state index contributed by atoms with van der Waals surface area (Å²) in [5, 5.41) is 21.9. The van der Waals surface area contributed by atoms with Crippen LogP contribution in [0.1, 0.15) is 78.2 Å². The summed E-state index contributed by atoms with van der Waals surface area (Å²) in [6.07, 6.45) is 1.53. The molecule has 2 N–H and O–H groups in total. The van der Waals surface area contributed by atoms with Gasteiger partial charge in [0.25, 0.3) is 0 Å². The third kappa shape index (κ3) is 5.20. The van der Waals surface area contributed by atoms with Crippen LogP contribution in [-0.4, -0.2) is 34.5 Å². The lowest BCUT2D eigenvalue weighted by atomic mass is 9.62. The Balaban J connectivity index is 2.07. The van der Waals surface area contributed by atoms with Crippen molar-refractivity contribution in [3.05, 3.63) is 41.2 Å². The van der Waals surface area contributed by atoms with Crippen molar-refractivity contribution in [2.45, 2.75) is 78.7 Å². The number of hydrogen-bond acceptors (Lipinski definition) is 5. The minimum absolute atomic E-state index is 0.0439.